The van der Waals surface area contributed by atoms with Gasteiger partial charge in [0.1, 0.15) is 5.75 Å². The number of aromatic nitrogens is 2. The second-order valence-corrected chi connectivity index (χ2v) is 10.7. The van der Waals surface area contributed by atoms with Crippen LogP contribution in [-0.4, -0.2) is 31.2 Å². The Morgan fingerprint density at radius 3 is 2.72 bits per heavy atom. The molecular weight excluding hydrogens is 506 g/mol. The third kappa shape index (κ3) is 4.64. The van der Waals surface area contributed by atoms with Crippen LogP contribution in [0.5, 0.6) is 5.75 Å². The number of pyridine rings is 1. The molecule has 0 saturated carbocycles. The van der Waals surface area contributed by atoms with E-state index in [1.807, 2.05) is 61.6 Å². The zero-order valence-electron chi connectivity index (χ0n) is 17.6. The Bertz CT molecular complexity index is 1280. The Morgan fingerprint density at radius 1 is 1.19 bits per heavy atom. The van der Waals surface area contributed by atoms with E-state index in [0.29, 0.717) is 22.5 Å². The molecule has 166 valence electrons. The Labute approximate surface area is 202 Å². The van der Waals surface area contributed by atoms with Crippen molar-refractivity contribution in [2.45, 2.75) is 16.4 Å². The normalized spacial score (nSPS) is 12.3. The molecule has 1 atom stereocenters. The lowest BCUT2D eigenvalue weighted by Crippen LogP contribution is -2.03. The van der Waals surface area contributed by atoms with E-state index in [-0.39, 0.29) is 5.75 Å². The van der Waals surface area contributed by atoms with Gasteiger partial charge in [-0.2, -0.15) is 11.8 Å². The summed E-state index contributed by atoms with van der Waals surface area (Å²) in [7, 11) is 0.708. The molecule has 32 heavy (non-hydrogen) atoms. The van der Waals surface area contributed by atoms with Crippen LogP contribution in [0.1, 0.15) is 11.3 Å². The van der Waals surface area contributed by atoms with E-state index in [2.05, 4.69) is 25.5 Å². The summed E-state index contributed by atoms with van der Waals surface area (Å²) in [5.41, 5.74) is 10.1. The Hall–Kier alpha value is -2.13. The molecule has 3 N–H and O–H groups in total. The quantitative estimate of drug-likeness (QED) is 0.306. The van der Waals surface area contributed by atoms with Crippen molar-refractivity contribution in [3.05, 3.63) is 76.5 Å². The average Bonchev–Trinajstić information content (AvgIpc) is 3.11. The summed E-state index contributed by atoms with van der Waals surface area (Å²) in [6.45, 7) is 0.595. The van der Waals surface area contributed by atoms with Crippen LogP contribution in [0.3, 0.4) is 0 Å². The lowest BCUT2D eigenvalue weighted by Gasteiger charge is -2.10. The highest BCUT2D eigenvalue weighted by atomic mass is 79.9. The fourth-order valence-electron chi connectivity index (χ4n) is 3.70. The molecule has 0 aliphatic rings. The number of hydrogen-bond acceptors (Lipinski definition) is 5. The van der Waals surface area contributed by atoms with Crippen LogP contribution >= 0.6 is 27.7 Å². The monoisotopic (exact) mass is 529 g/mol. The van der Waals surface area contributed by atoms with Crippen LogP contribution in [0, 0.1) is 0 Å². The maximum absolute atomic E-state index is 13.5. The first-order valence-corrected chi connectivity index (χ1v) is 13.4. The minimum absolute atomic E-state index is 0.251. The number of hydrogen-bond donors (Lipinski definition) is 2. The van der Waals surface area contributed by atoms with Crippen molar-refractivity contribution in [2.75, 3.05) is 12.3 Å². The summed E-state index contributed by atoms with van der Waals surface area (Å²) >= 11 is 5.17. The van der Waals surface area contributed by atoms with Gasteiger partial charge in [0, 0.05) is 63.9 Å². The molecule has 4 rings (SSSR count). The minimum Gasteiger partial charge on any atom is -0.506 e. The number of aromatic hydroxyl groups is 1. The smallest absolute Gasteiger partial charge is 0.134 e. The van der Waals surface area contributed by atoms with Gasteiger partial charge in [-0.05, 0) is 46.3 Å². The molecule has 0 fully saturated rings. The van der Waals surface area contributed by atoms with Crippen molar-refractivity contribution in [1.29, 1.82) is 0 Å². The Balaban J connectivity index is 1.71. The first-order valence-electron chi connectivity index (χ1n) is 10.2. The number of aryl methyl sites for hydroxylation is 1. The van der Waals surface area contributed by atoms with Gasteiger partial charge in [0.05, 0.1) is 26.7 Å². The van der Waals surface area contributed by atoms with Crippen molar-refractivity contribution < 1.29 is 9.32 Å². The maximum atomic E-state index is 13.5. The summed E-state index contributed by atoms with van der Waals surface area (Å²) < 4.78 is 16.2. The third-order valence-electron chi connectivity index (χ3n) is 5.34. The van der Waals surface area contributed by atoms with Gasteiger partial charge in [-0.25, -0.2) is 0 Å². The molecule has 2 aromatic carbocycles. The number of phenols is 1. The van der Waals surface area contributed by atoms with Gasteiger partial charge in [-0.15, -0.1) is 0 Å². The van der Waals surface area contributed by atoms with E-state index >= 15 is 0 Å². The lowest BCUT2D eigenvalue weighted by atomic mass is 10.1. The second-order valence-electron chi connectivity index (χ2n) is 7.36. The first kappa shape index (κ1) is 23.0. The summed E-state index contributed by atoms with van der Waals surface area (Å²) in [4.78, 5) is 5.20. The van der Waals surface area contributed by atoms with Gasteiger partial charge in [0.2, 0.25) is 0 Å². The second kappa shape index (κ2) is 10.2. The summed E-state index contributed by atoms with van der Waals surface area (Å²) in [5, 5.41) is 11.6. The predicted octanol–water partition coefficient (Wildman–Crippen LogP) is 5.21. The third-order valence-corrected chi connectivity index (χ3v) is 8.37. The Kier molecular flexibility index (Phi) is 7.35. The van der Waals surface area contributed by atoms with Gasteiger partial charge < -0.3 is 15.4 Å². The molecule has 8 heteroatoms. The minimum atomic E-state index is -1.26. The van der Waals surface area contributed by atoms with Gasteiger partial charge in [-0.1, -0.05) is 24.3 Å². The molecule has 0 bridgehead atoms. The number of halogens is 1. The summed E-state index contributed by atoms with van der Waals surface area (Å²) in [5.74, 6) is 2.10. The largest absolute Gasteiger partial charge is 0.506 e. The van der Waals surface area contributed by atoms with Gasteiger partial charge in [-0.3, -0.25) is 9.19 Å². The zero-order valence-corrected chi connectivity index (χ0v) is 20.8. The summed E-state index contributed by atoms with van der Waals surface area (Å²) in [6.07, 6.45) is 1.74. The number of fused-ring (bicyclic) bond motifs is 1. The van der Waals surface area contributed by atoms with Crippen molar-refractivity contribution >= 4 is 49.4 Å². The van der Waals surface area contributed by atoms with E-state index in [4.69, 9.17) is 5.73 Å². The fourth-order valence-corrected chi connectivity index (χ4v) is 6.32. The molecule has 0 amide bonds. The molecule has 0 aliphatic carbocycles. The average molecular weight is 531 g/mol. The number of benzene rings is 2. The SMILES string of the molecule is Cn1c(CS(=O)c2ccccc2-c2ccccn2)cc2c(CSCCN)c(O)c(Br)cc21. The molecular formula is C24H24BrN3O2S2. The number of nitrogens with zero attached hydrogens (tertiary/aromatic N) is 2. The molecule has 1 unspecified atom stereocenters. The lowest BCUT2D eigenvalue weighted by molar-refractivity contribution is 0.468. The van der Waals surface area contributed by atoms with Crippen LogP contribution in [-0.2, 0) is 29.4 Å². The molecule has 0 aliphatic heterocycles. The van der Waals surface area contributed by atoms with E-state index in [1.165, 1.54) is 0 Å². The molecule has 0 radical (unpaired) electrons. The van der Waals surface area contributed by atoms with Gasteiger partial charge in [0.15, 0.2) is 0 Å². The molecule has 2 aromatic heterocycles. The Morgan fingerprint density at radius 2 is 1.97 bits per heavy atom. The number of nitrogens with two attached hydrogens (primary N) is 1. The number of phenolic OH excluding ortho intramolecular Hbond substituents is 1. The van der Waals surface area contributed by atoms with Crippen LogP contribution in [0.2, 0.25) is 0 Å². The van der Waals surface area contributed by atoms with Crippen LogP contribution < -0.4 is 5.73 Å². The summed E-state index contributed by atoms with van der Waals surface area (Å²) in [6, 6.07) is 17.4. The van der Waals surface area contributed by atoms with Crippen molar-refractivity contribution in [1.82, 2.24) is 9.55 Å². The van der Waals surface area contributed by atoms with Gasteiger partial charge in [0.25, 0.3) is 0 Å². The standard InChI is InChI=1S/C24H24BrN3O2S2/c1-28-16(12-18-19(14-31-11-9-26)24(29)20(25)13-22(18)28)15-32(30)23-8-3-2-6-17(23)21-7-4-5-10-27-21/h2-8,10,12-13,29H,9,11,14-15,26H2,1H3. The van der Waals surface area contributed by atoms with Crippen molar-refractivity contribution in [3.8, 4) is 17.0 Å². The topological polar surface area (TPSA) is 81.1 Å². The van der Waals surface area contributed by atoms with E-state index in [9.17, 15) is 9.32 Å². The van der Waals surface area contributed by atoms with Crippen molar-refractivity contribution in [2.24, 2.45) is 12.8 Å². The molecule has 2 heterocycles. The van der Waals surface area contributed by atoms with Crippen LogP contribution in [0.15, 0.2) is 70.2 Å². The fraction of sp³-hybridized carbons (Fsp3) is 0.208. The molecule has 0 spiro atoms. The van der Waals surface area contributed by atoms with Crippen LogP contribution in [0.4, 0.5) is 0 Å². The highest BCUT2D eigenvalue weighted by Gasteiger charge is 2.19. The van der Waals surface area contributed by atoms with E-state index < -0.39 is 10.8 Å². The molecule has 0 saturated heterocycles. The molecule has 4 aromatic rings. The number of rotatable bonds is 8. The van der Waals surface area contributed by atoms with Crippen LogP contribution in [0.25, 0.3) is 22.2 Å². The predicted molar refractivity (Wildman–Crippen MR) is 137 cm³/mol. The van der Waals surface area contributed by atoms with E-state index in [1.54, 1.807) is 18.0 Å². The number of thioether (sulfide) groups is 1. The molecule has 5 nitrogen and oxygen atoms in total. The zero-order chi connectivity index (χ0) is 22.7. The highest BCUT2D eigenvalue weighted by Crippen LogP contribution is 2.38. The highest BCUT2D eigenvalue weighted by molar-refractivity contribution is 9.10. The van der Waals surface area contributed by atoms with Crippen molar-refractivity contribution in [3.63, 3.8) is 0 Å². The maximum Gasteiger partial charge on any atom is 0.134 e. The van der Waals surface area contributed by atoms with E-state index in [0.717, 1.165) is 44.1 Å². The van der Waals surface area contributed by atoms with Gasteiger partial charge >= 0.3 is 0 Å². The first-order chi connectivity index (χ1) is 15.5.